The molecule has 1 aromatic rings. The molecule has 24 heavy (non-hydrogen) atoms. The van der Waals surface area contributed by atoms with Crippen molar-refractivity contribution < 1.29 is 9.47 Å². The number of hydrogen-bond acceptors (Lipinski definition) is 2. The van der Waals surface area contributed by atoms with Gasteiger partial charge >= 0.3 is 0 Å². The smallest absolute Gasteiger partial charge is 0.119 e. The average Bonchev–Trinajstić information content (AvgIpc) is 2.64. The standard InChI is InChI=1S/C22H36O2/c1-3-5-6-19-7-9-20(10-8-19)11-12-21-13-15-22(16-14-21)24-18-17-23-4-2/h13-16,19-20H,3-12,17-18H2,1-2H3/t19-,20-. The Morgan fingerprint density at radius 3 is 2.17 bits per heavy atom. The summed E-state index contributed by atoms with van der Waals surface area (Å²) >= 11 is 0. The Kier molecular flexibility index (Phi) is 9.27. The molecule has 0 heterocycles. The van der Waals surface area contributed by atoms with Crippen LogP contribution in [0.5, 0.6) is 5.75 Å². The lowest BCUT2D eigenvalue weighted by Crippen LogP contribution is -2.15. The van der Waals surface area contributed by atoms with Gasteiger partial charge in [-0.25, -0.2) is 0 Å². The molecule has 1 aliphatic rings. The van der Waals surface area contributed by atoms with Crippen molar-refractivity contribution in [3.63, 3.8) is 0 Å². The van der Waals surface area contributed by atoms with Crippen LogP contribution in [0.25, 0.3) is 0 Å². The first kappa shape index (κ1) is 19.3. The van der Waals surface area contributed by atoms with E-state index in [0.717, 1.165) is 24.2 Å². The number of benzene rings is 1. The first-order valence-electron chi connectivity index (χ1n) is 10.1. The molecule has 0 aromatic heterocycles. The molecule has 2 nitrogen and oxygen atoms in total. The Labute approximate surface area is 148 Å². The Balaban J connectivity index is 1.62. The van der Waals surface area contributed by atoms with Crippen LogP contribution in [0.2, 0.25) is 0 Å². The molecule has 0 saturated heterocycles. The van der Waals surface area contributed by atoms with Crippen molar-refractivity contribution >= 4 is 0 Å². The molecule has 1 aliphatic carbocycles. The van der Waals surface area contributed by atoms with E-state index in [9.17, 15) is 0 Å². The van der Waals surface area contributed by atoms with Crippen molar-refractivity contribution in [3.8, 4) is 5.75 Å². The summed E-state index contributed by atoms with van der Waals surface area (Å²) in [5, 5.41) is 0. The van der Waals surface area contributed by atoms with Crippen LogP contribution in [0.3, 0.4) is 0 Å². The molecule has 1 aromatic carbocycles. The minimum Gasteiger partial charge on any atom is -0.491 e. The summed E-state index contributed by atoms with van der Waals surface area (Å²) in [6.07, 6.45) is 12.6. The zero-order valence-corrected chi connectivity index (χ0v) is 15.8. The first-order chi connectivity index (χ1) is 11.8. The largest absolute Gasteiger partial charge is 0.491 e. The van der Waals surface area contributed by atoms with Gasteiger partial charge in [0.05, 0.1) is 6.61 Å². The Morgan fingerprint density at radius 1 is 0.875 bits per heavy atom. The molecule has 0 spiro atoms. The quantitative estimate of drug-likeness (QED) is 0.460. The van der Waals surface area contributed by atoms with Gasteiger partial charge in [0.2, 0.25) is 0 Å². The van der Waals surface area contributed by atoms with E-state index in [-0.39, 0.29) is 0 Å². The van der Waals surface area contributed by atoms with Crippen LogP contribution in [0.4, 0.5) is 0 Å². The lowest BCUT2D eigenvalue weighted by Gasteiger charge is -2.28. The second-order valence-corrected chi connectivity index (χ2v) is 7.26. The molecule has 1 fully saturated rings. The highest BCUT2D eigenvalue weighted by molar-refractivity contribution is 5.27. The molecule has 0 radical (unpaired) electrons. The monoisotopic (exact) mass is 332 g/mol. The second-order valence-electron chi connectivity index (χ2n) is 7.26. The van der Waals surface area contributed by atoms with Crippen molar-refractivity contribution in [3.05, 3.63) is 29.8 Å². The summed E-state index contributed by atoms with van der Waals surface area (Å²) in [5.41, 5.74) is 1.44. The zero-order valence-electron chi connectivity index (χ0n) is 15.8. The van der Waals surface area contributed by atoms with Crippen molar-refractivity contribution in [1.82, 2.24) is 0 Å². The van der Waals surface area contributed by atoms with Crippen molar-refractivity contribution in [2.24, 2.45) is 11.8 Å². The van der Waals surface area contributed by atoms with Crippen molar-refractivity contribution in [1.29, 1.82) is 0 Å². The lowest BCUT2D eigenvalue weighted by molar-refractivity contribution is 0.110. The minimum absolute atomic E-state index is 0.633. The molecule has 136 valence electrons. The summed E-state index contributed by atoms with van der Waals surface area (Å²) in [6, 6.07) is 8.65. The van der Waals surface area contributed by atoms with E-state index >= 15 is 0 Å². The van der Waals surface area contributed by atoms with E-state index in [1.54, 1.807) is 0 Å². The van der Waals surface area contributed by atoms with Crippen LogP contribution in [-0.2, 0) is 11.2 Å². The third-order valence-corrected chi connectivity index (χ3v) is 5.40. The van der Waals surface area contributed by atoms with E-state index in [2.05, 4.69) is 31.2 Å². The second kappa shape index (κ2) is 11.5. The van der Waals surface area contributed by atoms with Gasteiger partial charge in [-0.15, -0.1) is 0 Å². The van der Waals surface area contributed by atoms with E-state index in [1.807, 2.05) is 6.92 Å². The maximum atomic E-state index is 5.68. The van der Waals surface area contributed by atoms with Gasteiger partial charge in [-0.05, 0) is 49.3 Å². The highest BCUT2D eigenvalue weighted by atomic mass is 16.5. The van der Waals surface area contributed by atoms with Gasteiger partial charge in [-0.3, -0.25) is 0 Å². The van der Waals surface area contributed by atoms with Crippen LogP contribution in [-0.4, -0.2) is 19.8 Å². The number of hydrogen-bond donors (Lipinski definition) is 0. The Morgan fingerprint density at radius 2 is 1.54 bits per heavy atom. The summed E-state index contributed by atoms with van der Waals surface area (Å²) in [6.45, 7) is 6.36. The lowest BCUT2D eigenvalue weighted by atomic mass is 9.78. The molecule has 1 saturated carbocycles. The van der Waals surface area contributed by atoms with Crippen LogP contribution in [0, 0.1) is 11.8 Å². The summed E-state index contributed by atoms with van der Waals surface area (Å²) in [5.74, 6) is 2.93. The van der Waals surface area contributed by atoms with Crippen LogP contribution in [0.1, 0.15) is 70.8 Å². The Hall–Kier alpha value is -1.02. The zero-order chi connectivity index (χ0) is 17.0. The molecule has 0 aliphatic heterocycles. The summed E-state index contributed by atoms with van der Waals surface area (Å²) in [7, 11) is 0. The van der Waals surface area contributed by atoms with Gasteiger partial charge in [0.1, 0.15) is 12.4 Å². The van der Waals surface area contributed by atoms with Gasteiger partial charge in [-0.2, -0.15) is 0 Å². The third-order valence-electron chi connectivity index (χ3n) is 5.40. The van der Waals surface area contributed by atoms with E-state index in [1.165, 1.54) is 63.4 Å². The van der Waals surface area contributed by atoms with Gasteiger partial charge in [0, 0.05) is 6.61 Å². The third kappa shape index (κ3) is 7.25. The molecule has 0 unspecified atom stereocenters. The van der Waals surface area contributed by atoms with Crippen LogP contribution < -0.4 is 4.74 Å². The van der Waals surface area contributed by atoms with Crippen molar-refractivity contribution in [2.75, 3.05) is 19.8 Å². The SMILES string of the molecule is CCCC[C@H]1CC[C@H](CCc2ccc(OCCOCC)cc2)CC1. The van der Waals surface area contributed by atoms with E-state index in [0.29, 0.717) is 13.2 Å². The Bertz CT molecular complexity index is 418. The first-order valence-corrected chi connectivity index (χ1v) is 10.1. The van der Waals surface area contributed by atoms with Crippen LogP contribution in [0.15, 0.2) is 24.3 Å². The number of unbranched alkanes of at least 4 members (excludes halogenated alkanes) is 1. The molecule has 0 N–H and O–H groups in total. The molecule has 0 atom stereocenters. The maximum absolute atomic E-state index is 5.68. The van der Waals surface area contributed by atoms with E-state index in [4.69, 9.17) is 9.47 Å². The summed E-state index contributed by atoms with van der Waals surface area (Å²) < 4.78 is 11.0. The topological polar surface area (TPSA) is 18.5 Å². The molecule has 0 bridgehead atoms. The van der Waals surface area contributed by atoms with Crippen LogP contribution >= 0.6 is 0 Å². The molecule has 2 heteroatoms. The number of aryl methyl sites for hydroxylation is 1. The van der Waals surface area contributed by atoms with Gasteiger partial charge in [-0.1, -0.05) is 64.0 Å². The van der Waals surface area contributed by atoms with Gasteiger partial charge in [0.25, 0.3) is 0 Å². The normalized spacial score (nSPS) is 20.9. The van der Waals surface area contributed by atoms with E-state index < -0.39 is 0 Å². The fourth-order valence-corrected chi connectivity index (χ4v) is 3.79. The predicted octanol–water partition coefficient (Wildman–Crippen LogP) is 6.03. The van der Waals surface area contributed by atoms with Gasteiger partial charge < -0.3 is 9.47 Å². The molecule has 0 amide bonds. The molecule has 2 rings (SSSR count). The predicted molar refractivity (Wildman–Crippen MR) is 102 cm³/mol. The average molecular weight is 333 g/mol. The summed E-state index contributed by atoms with van der Waals surface area (Å²) in [4.78, 5) is 0. The number of rotatable bonds is 11. The van der Waals surface area contributed by atoms with Crippen molar-refractivity contribution in [2.45, 2.75) is 71.6 Å². The van der Waals surface area contributed by atoms with Gasteiger partial charge in [0.15, 0.2) is 0 Å². The fraction of sp³-hybridized carbons (Fsp3) is 0.727. The molecular formula is C22H36O2. The minimum atomic E-state index is 0.633. The number of ether oxygens (including phenoxy) is 2. The highest BCUT2D eigenvalue weighted by Crippen LogP contribution is 2.34. The maximum Gasteiger partial charge on any atom is 0.119 e. The fourth-order valence-electron chi connectivity index (χ4n) is 3.79. The highest BCUT2D eigenvalue weighted by Gasteiger charge is 2.20. The molecular weight excluding hydrogens is 296 g/mol.